The van der Waals surface area contributed by atoms with Crippen LogP contribution in [0.3, 0.4) is 0 Å². The zero-order valence-corrected chi connectivity index (χ0v) is 22.7. The van der Waals surface area contributed by atoms with Crippen molar-refractivity contribution < 1.29 is 26.7 Å². The number of pyridine rings is 1. The predicted octanol–water partition coefficient (Wildman–Crippen LogP) is 3.75. The quantitative estimate of drug-likeness (QED) is 0.371. The fourth-order valence-electron chi connectivity index (χ4n) is 4.08. The van der Waals surface area contributed by atoms with Gasteiger partial charge in [0.2, 0.25) is 15.9 Å². The third-order valence-electron chi connectivity index (χ3n) is 6.38. The van der Waals surface area contributed by atoms with Crippen LogP contribution in [0.25, 0.3) is 11.1 Å². The van der Waals surface area contributed by atoms with E-state index in [4.69, 9.17) is 22.1 Å². The number of hydrogen-bond donors (Lipinski definition) is 2. The lowest BCUT2D eigenvalue weighted by molar-refractivity contribution is -0.130. The molecular formula is C26H28ClF2N5O4S. The first-order valence-electron chi connectivity index (χ1n) is 12.1. The van der Waals surface area contributed by atoms with Crippen LogP contribution in [0.5, 0.6) is 5.75 Å². The summed E-state index contributed by atoms with van der Waals surface area (Å²) >= 11 is 5.86. The standard InChI is InChI=1S/C26H28ClF2N5O4S/c1-17(35)34-10-8-33(9-11-34)12-13-39(36,37)32-20-4-2-18(3-5-20)19-14-24(26(30)31-15-19)38-16-21-22(28)6-7-23(29)25(21)27/h2-7,14-15,32H,8-13,16H2,1H3,(H2,30,31). The minimum atomic E-state index is -3.59. The van der Waals surface area contributed by atoms with Crippen molar-refractivity contribution in [2.75, 3.05) is 48.9 Å². The highest BCUT2D eigenvalue weighted by Crippen LogP contribution is 2.30. The van der Waals surface area contributed by atoms with E-state index >= 15 is 0 Å². The lowest BCUT2D eigenvalue weighted by atomic mass is 10.1. The van der Waals surface area contributed by atoms with Gasteiger partial charge in [-0.15, -0.1) is 0 Å². The van der Waals surface area contributed by atoms with Crippen LogP contribution in [-0.2, 0) is 21.4 Å². The second kappa shape index (κ2) is 12.1. The number of nitrogens with two attached hydrogens (primary N) is 1. The molecule has 0 saturated carbocycles. The van der Waals surface area contributed by atoms with Gasteiger partial charge < -0.3 is 15.4 Å². The summed E-state index contributed by atoms with van der Waals surface area (Å²) < 4.78 is 61.2. The van der Waals surface area contributed by atoms with Gasteiger partial charge in [0, 0.05) is 62.7 Å². The normalized spacial score (nSPS) is 14.3. The van der Waals surface area contributed by atoms with Crippen LogP contribution in [0.4, 0.5) is 20.3 Å². The molecule has 1 amide bonds. The predicted molar refractivity (Wildman–Crippen MR) is 146 cm³/mol. The lowest BCUT2D eigenvalue weighted by Crippen LogP contribution is -2.49. The van der Waals surface area contributed by atoms with Crippen LogP contribution in [0.1, 0.15) is 12.5 Å². The van der Waals surface area contributed by atoms with Gasteiger partial charge in [-0.3, -0.25) is 14.4 Å². The first-order chi connectivity index (χ1) is 18.5. The molecule has 0 aliphatic carbocycles. The molecule has 1 aliphatic heterocycles. The number of nitrogens with one attached hydrogen (secondary N) is 1. The van der Waals surface area contributed by atoms with Crippen molar-refractivity contribution in [3.63, 3.8) is 0 Å². The van der Waals surface area contributed by atoms with Crippen molar-refractivity contribution in [2.24, 2.45) is 0 Å². The smallest absolute Gasteiger partial charge is 0.233 e. The van der Waals surface area contributed by atoms with Crippen LogP contribution < -0.4 is 15.2 Å². The molecule has 208 valence electrons. The third kappa shape index (κ3) is 7.34. The van der Waals surface area contributed by atoms with E-state index in [0.29, 0.717) is 49.5 Å². The summed E-state index contributed by atoms with van der Waals surface area (Å²) in [4.78, 5) is 19.3. The van der Waals surface area contributed by atoms with Gasteiger partial charge in [0.25, 0.3) is 0 Å². The molecule has 9 nitrogen and oxygen atoms in total. The van der Waals surface area contributed by atoms with Gasteiger partial charge in [-0.05, 0) is 35.9 Å². The van der Waals surface area contributed by atoms with E-state index in [9.17, 15) is 22.0 Å². The summed E-state index contributed by atoms with van der Waals surface area (Å²) in [7, 11) is -3.59. The van der Waals surface area contributed by atoms with E-state index in [1.54, 1.807) is 35.2 Å². The zero-order valence-electron chi connectivity index (χ0n) is 21.2. The Hall–Kier alpha value is -3.48. The number of piperazine rings is 1. The number of ether oxygens (including phenoxy) is 1. The first-order valence-corrected chi connectivity index (χ1v) is 14.1. The maximum atomic E-state index is 14.1. The Bertz CT molecular complexity index is 1450. The molecule has 2 heterocycles. The highest BCUT2D eigenvalue weighted by molar-refractivity contribution is 7.92. The average molecular weight is 580 g/mol. The van der Waals surface area contributed by atoms with E-state index < -0.39 is 21.7 Å². The number of rotatable bonds is 9. The number of amides is 1. The molecule has 1 aromatic heterocycles. The van der Waals surface area contributed by atoms with Crippen LogP contribution >= 0.6 is 11.6 Å². The van der Waals surface area contributed by atoms with Crippen molar-refractivity contribution >= 4 is 39.0 Å². The van der Waals surface area contributed by atoms with Crippen molar-refractivity contribution in [1.82, 2.24) is 14.8 Å². The molecule has 0 atom stereocenters. The maximum absolute atomic E-state index is 14.1. The minimum Gasteiger partial charge on any atom is -0.485 e. The Morgan fingerprint density at radius 3 is 2.41 bits per heavy atom. The van der Waals surface area contributed by atoms with Crippen molar-refractivity contribution in [3.05, 3.63) is 70.9 Å². The number of nitrogen functional groups attached to an aromatic ring is 1. The van der Waals surface area contributed by atoms with Crippen LogP contribution in [0, 0.1) is 11.6 Å². The summed E-state index contributed by atoms with van der Waals surface area (Å²) in [5.74, 6) is -1.32. The first kappa shape index (κ1) is 28.5. The second-order valence-electron chi connectivity index (χ2n) is 9.06. The number of sulfonamides is 1. The van der Waals surface area contributed by atoms with Crippen LogP contribution in [0.2, 0.25) is 5.02 Å². The van der Waals surface area contributed by atoms with E-state index in [2.05, 4.69) is 9.71 Å². The highest BCUT2D eigenvalue weighted by Gasteiger charge is 2.21. The number of hydrogen-bond acceptors (Lipinski definition) is 7. The number of nitrogens with zero attached hydrogens (tertiary/aromatic N) is 3. The molecule has 1 aliphatic rings. The second-order valence-corrected chi connectivity index (χ2v) is 11.3. The zero-order chi connectivity index (χ0) is 28.2. The SMILES string of the molecule is CC(=O)N1CCN(CCS(=O)(=O)Nc2ccc(-c3cnc(N)c(OCc4c(F)ccc(F)c4Cl)c3)cc2)CC1. The molecule has 3 aromatic rings. The number of halogens is 3. The molecule has 0 unspecified atom stereocenters. The molecule has 13 heteroatoms. The van der Waals surface area contributed by atoms with Gasteiger partial charge in [-0.1, -0.05) is 23.7 Å². The lowest BCUT2D eigenvalue weighted by Gasteiger charge is -2.34. The van der Waals surface area contributed by atoms with E-state index in [-0.39, 0.29) is 40.4 Å². The maximum Gasteiger partial charge on any atom is 0.233 e. The molecule has 1 saturated heterocycles. The number of carbonyl (C=O) groups excluding carboxylic acids is 1. The number of anilines is 2. The molecule has 3 N–H and O–H groups in total. The van der Waals surface area contributed by atoms with Gasteiger partial charge in [-0.25, -0.2) is 22.2 Å². The third-order valence-corrected chi connectivity index (χ3v) is 8.05. The van der Waals surface area contributed by atoms with Gasteiger partial charge in [-0.2, -0.15) is 0 Å². The molecule has 2 aromatic carbocycles. The Morgan fingerprint density at radius 1 is 1.08 bits per heavy atom. The summed E-state index contributed by atoms with van der Waals surface area (Å²) in [5, 5.41) is -0.369. The van der Waals surface area contributed by atoms with Crippen molar-refractivity contribution in [1.29, 1.82) is 0 Å². The largest absolute Gasteiger partial charge is 0.485 e. The van der Waals surface area contributed by atoms with Crippen LogP contribution in [0.15, 0.2) is 48.7 Å². The minimum absolute atomic E-state index is 0.0232. The Balaban J connectivity index is 1.36. The molecule has 1 fully saturated rings. The van der Waals surface area contributed by atoms with Crippen molar-refractivity contribution in [2.45, 2.75) is 13.5 Å². The summed E-state index contributed by atoms with van der Waals surface area (Å²) in [5.41, 5.74) is 7.47. The van der Waals surface area contributed by atoms with Gasteiger partial charge >= 0.3 is 0 Å². The number of carbonyl (C=O) groups is 1. The average Bonchev–Trinajstić information content (AvgIpc) is 2.91. The topological polar surface area (TPSA) is 118 Å². The summed E-state index contributed by atoms with van der Waals surface area (Å²) in [6.07, 6.45) is 1.52. The molecular weight excluding hydrogens is 552 g/mol. The van der Waals surface area contributed by atoms with Crippen LogP contribution in [-0.4, -0.2) is 67.6 Å². The summed E-state index contributed by atoms with van der Waals surface area (Å²) in [6.45, 7) is 3.98. The molecule has 0 bridgehead atoms. The summed E-state index contributed by atoms with van der Waals surface area (Å²) in [6, 6.07) is 10.1. The van der Waals surface area contributed by atoms with E-state index in [0.717, 1.165) is 12.1 Å². The Labute approximate surface area is 230 Å². The van der Waals surface area contributed by atoms with Gasteiger partial charge in [0.05, 0.1) is 10.8 Å². The number of aromatic nitrogens is 1. The molecule has 0 spiro atoms. The molecule has 4 rings (SSSR count). The Kier molecular flexibility index (Phi) is 8.88. The van der Waals surface area contributed by atoms with Crippen molar-refractivity contribution in [3.8, 4) is 16.9 Å². The fraction of sp³-hybridized carbons (Fsp3) is 0.308. The van der Waals surface area contributed by atoms with E-state index in [1.165, 1.54) is 13.1 Å². The Morgan fingerprint density at radius 2 is 1.74 bits per heavy atom. The van der Waals surface area contributed by atoms with E-state index in [1.807, 2.05) is 4.90 Å². The molecule has 0 radical (unpaired) electrons. The highest BCUT2D eigenvalue weighted by atomic mass is 35.5. The monoisotopic (exact) mass is 579 g/mol. The number of benzene rings is 2. The van der Waals surface area contributed by atoms with Gasteiger partial charge in [0.1, 0.15) is 18.2 Å². The molecule has 39 heavy (non-hydrogen) atoms. The van der Waals surface area contributed by atoms with Gasteiger partial charge in [0.15, 0.2) is 11.6 Å². The fourth-order valence-corrected chi connectivity index (χ4v) is 5.38.